The Hall–Kier alpha value is -2.23. The first-order chi connectivity index (χ1) is 11.3. The summed E-state index contributed by atoms with van der Waals surface area (Å²) in [5.74, 6) is -0.0199. The van der Waals surface area contributed by atoms with Crippen molar-refractivity contribution in [1.29, 1.82) is 0 Å². The second kappa shape index (κ2) is 7.56. The highest BCUT2D eigenvalue weighted by Gasteiger charge is 2.18. The lowest BCUT2D eigenvalue weighted by molar-refractivity contribution is 0.102. The van der Waals surface area contributed by atoms with Crippen LogP contribution < -0.4 is 10.0 Å². The molecule has 0 fully saturated rings. The Kier molecular flexibility index (Phi) is 5.71. The van der Waals surface area contributed by atoms with E-state index >= 15 is 0 Å². The van der Waals surface area contributed by atoms with Crippen LogP contribution in [0.1, 0.15) is 15.9 Å². The number of nitrogens with one attached hydrogen (secondary N) is 2. The van der Waals surface area contributed by atoms with E-state index in [-0.39, 0.29) is 23.6 Å². The predicted molar refractivity (Wildman–Crippen MR) is 89.4 cm³/mol. The summed E-state index contributed by atoms with van der Waals surface area (Å²) in [6, 6.07) is 6.06. The van der Waals surface area contributed by atoms with E-state index in [1.54, 1.807) is 37.0 Å². The Morgan fingerprint density at radius 3 is 2.71 bits per heavy atom. The van der Waals surface area contributed by atoms with Crippen LogP contribution in [-0.2, 0) is 21.8 Å². The molecule has 0 atom stereocenters. The number of nitrogens with zero attached hydrogens (tertiary/aromatic N) is 2. The van der Waals surface area contributed by atoms with Gasteiger partial charge in [0.25, 0.3) is 5.91 Å². The molecule has 0 radical (unpaired) electrons. The van der Waals surface area contributed by atoms with Crippen LogP contribution in [-0.4, -0.2) is 44.4 Å². The molecule has 1 aromatic heterocycles. The number of anilines is 1. The van der Waals surface area contributed by atoms with Crippen molar-refractivity contribution in [2.24, 2.45) is 7.05 Å². The number of carbonyl (C=O) groups excluding carboxylic acids is 1. The fourth-order valence-corrected chi connectivity index (χ4v) is 3.08. The first kappa shape index (κ1) is 18.1. The smallest absolute Gasteiger partial charge is 0.257 e. The van der Waals surface area contributed by atoms with E-state index in [0.29, 0.717) is 11.4 Å². The maximum atomic E-state index is 12.4. The molecule has 0 aliphatic heterocycles. The summed E-state index contributed by atoms with van der Waals surface area (Å²) in [4.78, 5) is 12.4. The number of hydrogen-bond donors (Lipinski definition) is 2. The summed E-state index contributed by atoms with van der Waals surface area (Å²) in [5.41, 5.74) is 0.939. The molecule has 0 saturated carbocycles. The SMILES string of the molecule is COCCNS(=O)(=O)c1ccc(C)c(C(=O)Nc2ccn(C)n2)c1. The van der Waals surface area contributed by atoms with Gasteiger partial charge in [0, 0.05) is 38.5 Å². The average molecular weight is 352 g/mol. The Bertz CT molecular complexity index is 830. The first-order valence-electron chi connectivity index (χ1n) is 7.24. The minimum absolute atomic E-state index is 0.0235. The van der Waals surface area contributed by atoms with Crippen molar-refractivity contribution < 1.29 is 17.9 Å². The van der Waals surface area contributed by atoms with Crippen LogP contribution in [0, 0.1) is 6.92 Å². The lowest BCUT2D eigenvalue weighted by atomic mass is 10.1. The monoisotopic (exact) mass is 352 g/mol. The van der Waals surface area contributed by atoms with Gasteiger partial charge in [-0.25, -0.2) is 13.1 Å². The van der Waals surface area contributed by atoms with Gasteiger partial charge in [-0.15, -0.1) is 0 Å². The van der Waals surface area contributed by atoms with Crippen molar-refractivity contribution in [3.8, 4) is 0 Å². The Morgan fingerprint density at radius 1 is 1.33 bits per heavy atom. The molecule has 0 bridgehead atoms. The second-order valence-electron chi connectivity index (χ2n) is 5.20. The predicted octanol–water partition coefficient (Wildman–Crippen LogP) is 0.906. The van der Waals surface area contributed by atoms with Gasteiger partial charge < -0.3 is 10.1 Å². The van der Waals surface area contributed by atoms with Crippen molar-refractivity contribution in [2.75, 3.05) is 25.6 Å². The van der Waals surface area contributed by atoms with Crippen molar-refractivity contribution in [3.63, 3.8) is 0 Å². The lowest BCUT2D eigenvalue weighted by Gasteiger charge is -2.10. The normalized spacial score (nSPS) is 11.5. The zero-order valence-electron chi connectivity index (χ0n) is 13.7. The summed E-state index contributed by atoms with van der Waals surface area (Å²) in [7, 11) is -0.482. The topological polar surface area (TPSA) is 102 Å². The third-order valence-corrected chi connectivity index (χ3v) is 4.78. The molecule has 1 aromatic carbocycles. The summed E-state index contributed by atoms with van der Waals surface area (Å²) in [5, 5.41) is 6.71. The maximum Gasteiger partial charge on any atom is 0.257 e. The molecule has 2 aromatic rings. The maximum absolute atomic E-state index is 12.4. The molecule has 8 nitrogen and oxygen atoms in total. The van der Waals surface area contributed by atoms with Crippen molar-refractivity contribution >= 4 is 21.7 Å². The van der Waals surface area contributed by atoms with Gasteiger partial charge in [-0.05, 0) is 24.6 Å². The van der Waals surface area contributed by atoms with Crippen LogP contribution in [0.3, 0.4) is 0 Å². The van der Waals surface area contributed by atoms with Crippen LogP contribution in [0.15, 0.2) is 35.4 Å². The summed E-state index contributed by atoms with van der Waals surface area (Å²) in [6.07, 6.45) is 1.70. The van der Waals surface area contributed by atoms with Gasteiger partial charge in [0.05, 0.1) is 11.5 Å². The van der Waals surface area contributed by atoms with E-state index in [0.717, 1.165) is 0 Å². The number of carbonyl (C=O) groups is 1. The fraction of sp³-hybridized carbons (Fsp3) is 0.333. The Morgan fingerprint density at radius 2 is 2.08 bits per heavy atom. The number of rotatable bonds is 7. The third kappa shape index (κ3) is 4.40. The molecule has 1 heterocycles. The van der Waals surface area contributed by atoms with E-state index in [9.17, 15) is 13.2 Å². The standard InChI is InChI=1S/C15H20N4O4S/c1-11-4-5-12(24(21,22)16-7-9-23-3)10-13(11)15(20)17-14-6-8-19(2)18-14/h4-6,8,10,16H,7,9H2,1-3H3,(H,17,18,20). The molecule has 2 rings (SSSR count). The van der Waals surface area contributed by atoms with Crippen LogP contribution in [0.25, 0.3) is 0 Å². The van der Waals surface area contributed by atoms with Crippen molar-refractivity contribution in [2.45, 2.75) is 11.8 Å². The fourth-order valence-electron chi connectivity index (χ4n) is 2.04. The van der Waals surface area contributed by atoms with Gasteiger partial charge in [0.15, 0.2) is 5.82 Å². The number of sulfonamides is 1. The number of aromatic nitrogens is 2. The number of amides is 1. The van der Waals surface area contributed by atoms with Crippen LogP contribution in [0.2, 0.25) is 0 Å². The van der Waals surface area contributed by atoms with Gasteiger partial charge in [-0.3, -0.25) is 9.48 Å². The number of hydrogen-bond acceptors (Lipinski definition) is 5. The van der Waals surface area contributed by atoms with E-state index in [1.807, 2.05) is 0 Å². The third-order valence-electron chi connectivity index (χ3n) is 3.32. The number of methoxy groups -OCH3 is 1. The van der Waals surface area contributed by atoms with E-state index in [2.05, 4.69) is 15.1 Å². The number of benzene rings is 1. The average Bonchev–Trinajstić information content (AvgIpc) is 2.92. The van der Waals surface area contributed by atoms with Gasteiger partial charge in [0.1, 0.15) is 0 Å². The molecule has 24 heavy (non-hydrogen) atoms. The zero-order chi connectivity index (χ0) is 17.7. The molecular weight excluding hydrogens is 332 g/mol. The molecule has 0 aliphatic rings. The van der Waals surface area contributed by atoms with E-state index < -0.39 is 15.9 Å². The number of aryl methyl sites for hydroxylation is 2. The summed E-state index contributed by atoms with van der Waals surface area (Å²) in [6.45, 7) is 2.16. The molecule has 9 heteroatoms. The van der Waals surface area contributed by atoms with Crippen molar-refractivity contribution in [1.82, 2.24) is 14.5 Å². The zero-order valence-corrected chi connectivity index (χ0v) is 14.6. The highest BCUT2D eigenvalue weighted by Crippen LogP contribution is 2.17. The Labute approximate surface area is 140 Å². The highest BCUT2D eigenvalue weighted by molar-refractivity contribution is 7.89. The van der Waals surface area contributed by atoms with Gasteiger partial charge >= 0.3 is 0 Å². The summed E-state index contributed by atoms with van der Waals surface area (Å²) < 4.78 is 33.3. The summed E-state index contributed by atoms with van der Waals surface area (Å²) >= 11 is 0. The van der Waals surface area contributed by atoms with Crippen LogP contribution in [0.5, 0.6) is 0 Å². The highest BCUT2D eigenvalue weighted by atomic mass is 32.2. The molecule has 0 aliphatic carbocycles. The largest absolute Gasteiger partial charge is 0.383 e. The minimum Gasteiger partial charge on any atom is -0.383 e. The molecule has 0 saturated heterocycles. The molecule has 0 spiro atoms. The van der Waals surface area contributed by atoms with Gasteiger partial charge in [-0.1, -0.05) is 6.07 Å². The molecule has 130 valence electrons. The van der Waals surface area contributed by atoms with Gasteiger partial charge in [0.2, 0.25) is 10.0 Å². The Balaban J connectivity index is 2.23. The number of ether oxygens (including phenoxy) is 1. The molecule has 1 amide bonds. The minimum atomic E-state index is -3.70. The van der Waals surface area contributed by atoms with E-state index in [1.165, 1.54) is 19.2 Å². The lowest BCUT2D eigenvalue weighted by Crippen LogP contribution is -2.27. The second-order valence-corrected chi connectivity index (χ2v) is 6.96. The first-order valence-corrected chi connectivity index (χ1v) is 8.72. The van der Waals surface area contributed by atoms with Gasteiger partial charge in [-0.2, -0.15) is 5.10 Å². The van der Waals surface area contributed by atoms with E-state index in [4.69, 9.17) is 4.74 Å². The van der Waals surface area contributed by atoms with Crippen molar-refractivity contribution in [3.05, 3.63) is 41.6 Å². The molecular formula is C15H20N4O4S. The molecule has 2 N–H and O–H groups in total. The van der Waals surface area contributed by atoms with Crippen LogP contribution in [0.4, 0.5) is 5.82 Å². The van der Waals surface area contributed by atoms with Crippen LogP contribution >= 0.6 is 0 Å². The molecule has 0 unspecified atom stereocenters. The quantitative estimate of drug-likeness (QED) is 0.721.